The van der Waals surface area contributed by atoms with Crippen molar-refractivity contribution >= 4 is 35.8 Å². The quantitative estimate of drug-likeness (QED) is 0.531. The van der Waals surface area contributed by atoms with Crippen molar-refractivity contribution in [3.8, 4) is 5.75 Å². The van der Waals surface area contributed by atoms with E-state index in [9.17, 15) is 14.4 Å². The summed E-state index contributed by atoms with van der Waals surface area (Å²) in [6.45, 7) is 8.39. The van der Waals surface area contributed by atoms with E-state index in [0.717, 1.165) is 25.1 Å². The van der Waals surface area contributed by atoms with Crippen molar-refractivity contribution in [2.45, 2.75) is 58.5 Å². The number of likely N-dealkylation sites (tertiary alicyclic amines) is 1. The maximum atomic E-state index is 12.9. The molecular weight excluding hydrogens is 444 g/mol. The Kier molecular flexibility index (Phi) is 10.4. The number of anilines is 1. The summed E-state index contributed by atoms with van der Waals surface area (Å²) in [5, 5.41) is 9.08. The first-order chi connectivity index (χ1) is 15.4. The van der Waals surface area contributed by atoms with Crippen molar-refractivity contribution < 1.29 is 19.1 Å². The highest BCUT2D eigenvalue weighted by molar-refractivity contribution is 5.97. The van der Waals surface area contributed by atoms with Gasteiger partial charge < -0.3 is 25.6 Å². The molecule has 0 spiro atoms. The predicted octanol–water partition coefficient (Wildman–Crippen LogP) is 2.58. The molecule has 3 amide bonds. The fourth-order valence-corrected chi connectivity index (χ4v) is 4.31. The molecule has 2 atom stereocenters. The van der Waals surface area contributed by atoms with Crippen LogP contribution in [0, 0.1) is 11.8 Å². The summed E-state index contributed by atoms with van der Waals surface area (Å²) in [7, 11) is 0. The highest BCUT2D eigenvalue weighted by atomic mass is 35.5. The van der Waals surface area contributed by atoms with Gasteiger partial charge in [-0.25, -0.2) is 0 Å². The number of piperidine rings is 1. The number of rotatable bonds is 8. The Morgan fingerprint density at radius 3 is 2.33 bits per heavy atom. The number of hydrogen-bond donors (Lipinski definition) is 3. The first-order valence-electron chi connectivity index (χ1n) is 11.7. The van der Waals surface area contributed by atoms with Crippen molar-refractivity contribution in [2.24, 2.45) is 11.8 Å². The van der Waals surface area contributed by atoms with Gasteiger partial charge in [-0.15, -0.1) is 12.4 Å². The second-order valence-electron chi connectivity index (χ2n) is 8.93. The van der Waals surface area contributed by atoms with E-state index in [4.69, 9.17) is 4.74 Å². The van der Waals surface area contributed by atoms with Gasteiger partial charge in [0.15, 0.2) is 0 Å². The zero-order chi connectivity index (χ0) is 23.1. The summed E-state index contributed by atoms with van der Waals surface area (Å²) in [6.07, 6.45) is 3.16. The molecule has 2 aliphatic heterocycles. The molecule has 184 valence electrons. The minimum atomic E-state index is -0.628. The molecule has 33 heavy (non-hydrogen) atoms. The molecule has 0 saturated carbocycles. The zero-order valence-electron chi connectivity index (χ0n) is 19.8. The summed E-state index contributed by atoms with van der Waals surface area (Å²) in [6, 6.07) is 6.48. The standard InChI is InChI=1S/C24H36N4O4.ClH/c1-4-32-19-9-7-18(8-10-19)26-23(30)21(16(2)3)27-22(29)17-11-14-28(15-12-17)24(31)20-6-5-13-25-20;/h7-10,16-17,20-21,25H,4-6,11-15H2,1-3H3,(H,26,30)(H,27,29);1H/t20-,21-;/m0./s1. The number of carbonyl (C=O) groups excluding carboxylic acids is 3. The van der Waals surface area contributed by atoms with Gasteiger partial charge in [0.2, 0.25) is 17.7 Å². The van der Waals surface area contributed by atoms with Crippen molar-refractivity contribution in [1.82, 2.24) is 15.5 Å². The van der Waals surface area contributed by atoms with Gasteiger partial charge in [0, 0.05) is 24.7 Å². The maximum absolute atomic E-state index is 12.9. The minimum Gasteiger partial charge on any atom is -0.494 e. The van der Waals surface area contributed by atoms with Gasteiger partial charge in [-0.3, -0.25) is 14.4 Å². The van der Waals surface area contributed by atoms with Crippen LogP contribution in [0.3, 0.4) is 0 Å². The first-order valence-corrected chi connectivity index (χ1v) is 11.7. The lowest BCUT2D eigenvalue weighted by Gasteiger charge is -2.34. The zero-order valence-corrected chi connectivity index (χ0v) is 20.6. The molecule has 1 aromatic carbocycles. The van der Waals surface area contributed by atoms with Gasteiger partial charge in [-0.05, 0) is 69.3 Å². The molecule has 0 aromatic heterocycles. The van der Waals surface area contributed by atoms with Crippen LogP contribution in [0.25, 0.3) is 0 Å². The SMILES string of the molecule is CCOc1ccc(NC(=O)[C@@H](NC(=O)C2CCN(C(=O)[C@@H]3CCCN3)CC2)C(C)C)cc1.Cl. The number of nitrogens with one attached hydrogen (secondary N) is 3. The van der Waals surface area contributed by atoms with Crippen LogP contribution < -0.4 is 20.7 Å². The summed E-state index contributed by atoms with van der Waals surface area (Å²) < 4.78 is 5.42. The third kappa shape index (κ3) is 7.33. The molecule has 0 aliphatic carbocycles. The summed E-state index contributed by atoms with van der Waals surface area (Å²) in [5.41, 5.74) is 0.658. The van der Waals surface area contributed by atoms with E-state index in [1.165, 1.54) is 0 Å². The Bertz CT molecular complexity index is 788. The highest BCUT2D eigenvalue weighted by Crippen LogP contribution is 2.21. The molecule has 9 heteroatoms. The van der Waals surface area contributed by atoms with E-state index in [2.05, 4.69) is 16.0 Å². The van der Waals surface area contributed by atoms with Crippen LogP contribution in [-0.2, 0) is 14.4 Å². The Balaban J connectivity index is 0.00000385. The first kappa shape index (κ1) is 26.9. The van der Waals surface area contributed by atoms with Gasteiger partial charge in [0.05, 0.1) is 12.6 Å². The van der Waals surface area contributed by atoms with E-state index in [1.54, 1.807) is 24.3 Å². The molecule has 0 radical (unpaired) electrons. The summed E-state index contributed by atoms with van der Waals surface area (Å²) in [4.78, 5) is 40.2. The van der Waals surface area contributed by atoms with E-state index in [-0.39, 0.29) is 48.0 Å². The normalized spacial score (nSPS) is 19.5. The number of nitrogens with zero attached hydrogens (tertiary/aromatic N) is 1. The predicted molar refractivity (Wildman–Crippen MR) is 131 cm³/mol. The molecule has 0 bridgehead atoms. The fraction of sp³-hybridized carbons (Fsp3) is 0.625. The third-order valence-electron chi connectivity index (χ3n) is 6.22. The second-order valence-corrected chi connectivity index (χ2v) is 8.93. The lowest BCUT2D eigenvalue weighted by Crippen LogP contribution is -2.52. The van der Waals surface area contributed by atoms with E-state index >= 15 is 0 Å². The van der Waals surface area contributed by atoms with Gasteiger partial charge >= 0.3 is 0 Å². The number of carbonyl (C=O) groups is 3. The van der Waals surface area contributed by atoms with Crippen LogP contribution in [0.2, 0.25) is 0 Å². The molecule has 2 aliphatic rings. The van der Waals surface area contributed by atoms with Gasteiger partial charge in [-0.2, -0.15) is 0 Å². The highest BCUT2D eigenvalue weighted by Gasteiger charge is 2.33. The van der Waals surface area contributed by atoms with Crippen LogP contribution in [0.4, 0.5) is 5.69 Å². The van der Waals surface area contributed by atoms with Crippen LogP contribution in [-0.4, -0.2) is 60.9 Å². The minimum absolute atomic E-state index is 0. The lowest BCUT2D eigenvalue weighted by atomic mass is 9.94. The Hall–Kier alpha value is -2.32. The lowest BCUT2D eigenvalue weighted by molar-refractivity contribution is -0.137. The molecule has 8 nitrogen and oxygen atoms in total. The molecule has 0 unspecified atom stereocenters. The van der Waals surface area contributed by atoms with Crippen molar-refractivity contribution in [2.75, 3.05) is 31.6 Å². The Morgan fingerprint density at radius 1 is 1.12 bits per heavy atom. The monoisotopic (exact) mass is 480 g/mol. The van der Waals surface area contributed by atoms with E-state index < -0.39 is 6.04 Å². The Morgan fingerprint density at radius 2 is 1.79 bits per heavy atom. The van der Waals surface area contributed by atoms with E-state index in [1.807, 2.05) is 25.7 Å². The van der Waals surface area contributed by atoms with Crippen LogP contribution >= 0.6 is 12.4 Å². The van der Waals surface area contributed by atoms with Gasteiger partial charge in [0.1, 0.15) is 11.8 Å². The average Bonchev–Trinajstić information content (AvgIpc) is 3.33. The third-order valence-corrected chi connectivity index (χ3v) is 6.22. The number of benzene rings is 1. The van der Waals surface area contributed by atoms with Crippen molar-refractivity contribution in [3.63, 3.8) is 0 Å². The molecule has 2 fully saturated rings. The number of hydrogen-bond acceptors (Lipinski definition) is 5. The molecule has 3 N–H and O–H groups in total. The second kappa shape index (κ2) is 12.8. The number of amides is 3. The van der Waals surface area contributed by atoms with Gasteiger partial charge in [-0.1, -0.05) is 13.8 Å². The number of halogens is 1. The smallest absolute Gasteiger partial charge is 0.247 e. The fourth-order valence-electron chi connectivity index (χ4n) is 4.31. The molecule has 2 heterocycles. The van der Waals surface area contributed by atoms with Crippen LogP contribution in [0.1, 0.15) is 46.5 Å². The Labute approximate surface area is 202 Å². The summed E-state index contributed by atoms with van der Waals surface area (Å²) >= 11 is 0. The maximum Gasteiger partial charge on any atom is 0.247 e. The van der Waals surface area contributed by atoms with E-state index in [0.29, 0.717) is 38.2 Å². The number of ether oxygens (including phenoxy) is 1. The van der Waals surface area contributed by atoms with Crippen molar-refractivity contribution in [1.29, 1.82) is 0 Å². The topological polar surface area (TPSA) is 99.8 Å². The molecule has 3 rings (SSSR count). The average molecular weight is 481 g/mol. The van der Waals surface area contributed by atoms with Crippen LogP contribution in [0.15, 0.2) is 24.3 Å². The molecular formula is C24H37ClN4O4. The van der Waals surface area contributed by atoms with Gasteiger partial charge in [0.25, 0.3) is 0 Å². The summed E-state index contributed by atoms with van der Waals surface area (Å²) in [5.74, 6) is 0.296. The van der Waals surface area contributed by atoms with Crippen molar-refractivity contribution in [3.05, 3.63) is 24.3 Å². The largest absolute Gasteiger partial charge is 0.494 e. The van der Waals surface area contributed by atoms with Crippen LogP contribution in [0.5, 0.6) is 5.75 Å². The molecule has 1 aromatic rings. The molecule has 2 saturated heterocycles.